The molecule has 6 heteroatoms. The first kappa shape index (κ1) is 13.4. The fourth-order valence-corrected chi connectivity index (χ4v) is 4.03. The van der Waals surface area contributed by atoms with Gasteiger partial charge >= 0.3 is 0 Å². The maximum absolute atomic E-state index is 11.5. The lowest BCUT2D eigenvalue weighted by Crippen LogP contribution is -2.46. The molecule has 5 nitrogen and oxygen atoms in total. The maximum Gasteiger partial charge on any atom is 0.220 e. The van der Waals surface area contributed by atoms with Crippen LogP contribution in [-0.2, 0) is 14.6 Å². The summed E-state index contributed by atoms with van der Waals surface area (Å²) < 4.78 is 22.6. The second-order valence-corrected chi connectivity index (χ2v) is 6.88. The highest BCUT2D eigenvalue weighted by Gasteiger charge is 2.39. The van der Waals surface area contributed by atoms with Crippen LogP contribution in [0, 0.1) is 0 Å². The lowest BCUT2D eigenvalue weighted by Gasteiger charge is -2.23. The predicted molar refractivity (Wildman–Crippen MR) is 62.7 cm³/mol. The molecule has 1 aliphatic heterocycles. The molecule has 3 N–H and O–H groups in total. The number of carbonyl (C=O) groups is 1. The Morgan fingerprint density at radius 3 is 2.62 bits per heavy atom. The Bertz CT molecular complexity index is 353. The third-order valence-electron chi connectivity index (χ3n) is 2.80. The molecule has 0 saturated carbocycles. The van der Waals surface area contributed by atoms with Gasteiger partial charge < -0.3 is 11.1 Å². The first-order valence-electron chi connectivity index (χ1n) is 5.58. The maximum atomic E-state index is 11.5. The Kier molecular flexibility index (Phi) is 4.32. The molecule has 1 fully saturated rings. The van der Waals surface area contributed by atoms with E-state index in [-0.39, 0.29) is 17.4 Å². The van der Waals surface area contributed by atoms with Crippen LogP contribution in [0.2, 0.25) is 0 Å². The van der Waals surface area contributed by atoms with Crippen molar-refractivity contribution in [2.75, 3.05) is 18.1 Å². The van der Waals surface area contributed by atoms with Crippen LogP contribution in [0.15, 0.2) is 0 Å². The summed E-state index contributed by atoms with van der Waals surface area (Å²) in [7, 11) is -2.96. The summed E-state index contributed by atoms with van der Waals surface area (Å²) in [5.74, 6) is 0.155. The van der Waals surface area contributed by atoms with Crippen molar-refractivity contribution in [3.05, 3.63) is 0 Å². The standard InChI is InChI=1S/C10H20N2O3S/c1-10(5-7-16(14,15)8-10)12-9(13)4-2-3-6-11/h2-8,11H2,1H3,(H,12,13). The highest BCUT2D eigenvalue weighted by molar-refractivity contribution is 7.91. The largest absolute Gasteiger partial charge is 0.350 e. The second kappa shape index (κ2) is 5.14. The first-order chi connectivity index (χ1) is 7.37. The molecule has 0 aromatic rings. The molecule has 1 rings (SSSR count). The van der Waals surface area contributed by atoms with E-state index in [0.29, 0.717) is 19.4 Å². The van der Waals surface area contributed by atoms with Crippen molar-refractivity contribution in [2.24, 2.45) is 5.73 Å². The van der Waals surface area contributed by atoms with E-state index in [0.717, 1.165) is 12.8 Å². The van der Waals surface area contributed by atoms with Gasteiger partial charge in [-0.15, -0.1) is 0 Å². The zero-order valence-corrected chi connectivity index (χ0v) is 10.5. The van der Waals surface area contributed by atoms with Crippen molar-refractivity contribution in [3.8, 4) is 0 Å². The van der Waals surface area contributed by atoms with E-state index in [1.165, 1.54) is 0 Å². The van der Waals surface area contributed by atoms with Gasteiger partial charge in [-0.2, -0.15) is 0 Å². The van der Waals surface area contributed by atoms with Gasteiger partial charge in [0.1, 0.15) is 0 Å². The van der Waals surface area contributed by atoms with Crippen molar-refractivity contribution >= 4 is 15.7 Å². The summed E-state index contributed by atoms with van der Waals surface area (Å²) in [5, 5.41) is 2.81. The molecule has 1 atom stereocenters. The number of hydrogen-bond donors (Lipinski definition) is 2. The number of nitrogens with two attached hydrogens (primary N) is 1. The number of rotatable bonds is 5. The van der Waals surface area contributed by atoms with E-state index in [1.807, 2.05) is 0 Å². The molecule has 94 valence electrons. The van der Waals surface area contributed by atoms with Crippen LogP contribution in [0.3, 0.4) is 0 Å². The fraction of sp³-hybridized carbons (Fsp3) is 0.900. The minimum absolute atomic E-state index is 0.0582. The van der Waals surface area contributed by atoms with Gasteiger partial charge in [-0.25, -0.2) is 8.42 Å². The summed E-state index contributed by atoms with van der Waals surface area (Å²) in [6.07, 6.45) is 2.51. The fourth-order valence-electron chi connectivity index (χ4n) is 1.94. The molecule has 16 heavy (non-hydrogen) atoms. The molecular weight excluding hydrogens is 228 g/mol. The van der Waals surface area contributed by atoms with Crippen LogP contribution in [0.1, 0.15) is 32.6 Å². The molecule has 1 aliphatic rings. The molecule has 0 aliphatic carbocycles. The zero-order valence-electron chi connectivity index (χ0n) is 9.66. The number of unbranched alkanes of at least 4 members (excludes halogenated alkanes) is 1. The van der Waals surface area contributed by atoms with Gasteiger partial charge in [0.05, 0.1) is 17.0 Å². The van der Waals surface area contributed by atoms with Crippen molar-refractivity contribution in [2.45, 2.75) is 38.1 Å². The Hall–Kier alpha value is -0.620. The van der Waals surface area contributed by atoms with Gasteiger partial charge in [-0.1, -0.05) is 0 Å². The third-order valence-corrected chi connectivity index (χ3v) is 4.71. The van der Waals surface area contributed by atoms with Crippen molar-refractivity contribution < 1.29 is 13.2 Å². The van der Waals surface area contributed by atoms with Gasteiger partial charge in [-0.3, -0.25) is 4.79 Å². The second-order valence-electron chi connectivity index (χ2n) is 4.70. The van der Waals surface area contributed by atoms with Gasteiger partial charge in [0, 0.05) is 6.42 Å². The van der Waals surface area contributed by atoms with E-state index < -0.39 is 15.4 Å². The molecule has 0 aromatic heterocycles. The highest BCUT2D eigenvalue weighted by Crippen LogP contribution is 2.22. The minimum Gasteiger partial charge on any atom is -0.350 e. The van der Waals surface area contributed by atoms with Crippen LogP contribution in [-0.4, -0.2) is 37.9 Å². The van der Waals surface area contributed by atoms with E-state index >= 15 is 0 Å². The number of amides is 1. The first-order valence-corrected chi connectivity index (χ1v) is 7.41. The van der Waals surface area contributed by atoms with E-state index in [9.17, 15) is 13.2 Å². The van der Waals surface area contributed by atoms with Gasteiger partial charge in [0.15, 0.2) is 9.84 Å². The van der Waals surface area contributed by atoms with E-state index in [1.54, 1.807) is 6.92 Å². The molecule has 0 aromatic carbocycles. The van der Waals surface area contributed by atoms with Crippen LogP contribution in [0.5, 0.6) is 0 Å². The Morgan fingerprint density at radius 2 is 2.12 bits per heavy atom. The molecule has 0 radical (unpaired) electrons. The number of sulfone groups is 1. The summed E-state index contributed by atoms with van der Waals surface area (Å²) in [6.45, 7) is 2.37. The number of nitrogens with one attached hydrogen (secondary N) is 1. The molecule has 1 unspecified atom stereocenters. The topological polar surface area (TPSA) is 89.3 Å². The smallest absolute Gasteiger partial charge is 0.220 e. The Morgan fingerprint density at radius 1 is 1.44 bits per heavy atom. The van der Waals surface area contributed by atoms with Gasteiger partial charge in [0.2, 0.25) is 5.91 Å². The average Bonchev–Trinajstić information content (AvgIpc) is 2.40. The number of hydrogen-bond acceptors (Lipinski definition) is 4. The summed E-state index contributed by atoms with van der Waals surface area (Å²) in [5.41, 5.74) is 4.76. The van der Waals surface area contributed by atoms with Crippen LogP contribution < -0.4 is 11.1 Å². The number of carbonyl (C=O) groups excluding carboxylic acids is 1. The summed E-state index contributed by atoms with van der Waals surface area (Å²) in [6, 6.07) is 0. The van der Waals surface area contributed by atoms with Crippen LogP contribution in [0.4, 0.5) is 0 Å². The zero-order chi connectivity index (χ0) is 12.2. The Balaban J connectivity index is 2.39. The van der Waals surface area contributed by atoms with Crippen LogP contribution >= 0.6 is 0 Å². The highest BCUT2D eigenvalue weighted by atomic mass is 32.2. The van der Waals surface area contributed by atoms with Gasteiger partial charge in [-0.05, 0) is 32.7 Å². The van der Waals surface area contributed by atoms with Crippen molar-refractivity contribution in [1.29, 1.82) is 0 Å². The summed E-state index contributed by atoms with van der Waals surface area (Å²) >= 11 is 0. The van der Waals surface area contributed by atoms with Crippen molar-refractivity contribution in [3.63, 3.8) is 0 Å². The molecule has 1 heterocycles. The van der Waals surface area contributed by atoms with E-state index in [4.69, 9.17) is 5.73 Å². The third kappa shape index (κ3) is 4.09. The van der Waals surface area contributed by atoms with E-state index in [2.05, 4.69) is 5.32 Å². The molecule has 1 amide bonds. The lowest BCUT2D eigenvalue weighted by atomic mass is 10.0. The Labute approximate surface area is 96.7 Å². The predicted octanol–water partition coefficient (Wildman–Crippen LogP) is -0.191. The minimum atomic E-state index is -2.96. The molecule has 1 saturated heterocycles. The van der Waals surface area contributed by atoms with Crippen LogP contribution in [0.25, 0.3) is 0 Å². The molecular formula is C10H20N2O3S. The monoisotopic (exact) mass is 248 g/mol. The summed E-state index contributed by atoms with van der Waals surface area (Å²) in [4.78, 5) is 11.5. The lowest BCUT2D eigenvalue weighted by molar-refractivity contribution is -0.122. The van der Waals surface area contributed by atoms with Gasteiger partial charge in [0.25, 0.3) is 0 Å². The quantitative estimate of drug-likeness (QED) is 0.660. The SMILES string of the molecule is CC1(NC(=O)CCCCN)CCS(=O)(=O)C1. The van der Waals surface area contributed by atoms with Crippen molar-refractivity contribution in [1.82, 2.24) is 5.32 Å². The normalized spacial score (nSPS) is 27.9. The average molecular weight is 248 g/mol. The molecule has 0 bridgehead atoms. The molecule has 0 spiro atoms.